The van der Waals surface area contributed by atoms with E-state index < -0.39 is 17.5 Å². The van der Waals surface area contributed by atoms with Gasteiger partial charge in [0.1, 0.15) is 23.0 Å². The van der Waals surface area contributed by atoms with Crippen molar-refractivity contribution >= 4 is 34.2 Å². The van der Waals surface area contributed by atoms with Gasteiger partial charge in [0, 0.05) is 12.0 Å². The molecule has 0 saturated heterocycles. The maximum absolute atomic E-state index is 14.2. The smallest absolute Gasteiger partial charge is 0.186 e. The van der Waals surface area contributed by atoms with Crippen LogP contribution in [0.3, 0.4) is 0 Å². The number of aromatic amines is 1. The molecule has 3 aromatic rings. The van der Waals surface area contributed by atoms with Crippen LogP contribution in [0.5, 0.6) is 0 Å². The molecule has 0 aliphatic heterocycles. The van der Waals surface area contributed by atoms with Gasteiger partial charge in [0.25, 0.3) is 0 Å². The van der Waals surface area contributed by atoms with E-state index in [1.165, 1.54) is 12.1 Å². The lowest BCUT2D eigenvalue weighted by Gasteiger charge is -2.07. The van der Waals surface area contributed by atoms with Gasteiger partial charge < -0.3 is 15.6 Å². The standard InChI is InChI=1S/C19H19ClF3N5/c1-28(2)7-3-4-15-26-17-11(9-14(22)16(23)18(17)27-15)19(24)25-10-5-6-13(21)12(20)8-10/h5-6,8-9H,3-4,7H2,1-2H3,(H2,24,25)(H,26,27). The second-order valence-corrected chi connectivity index (χ2v) is 7.04. The van der Waals surface area contributed by atoms with Crippen molar-refractivity contribution in [1.29, 1.82) is 0 Å². The third-order valence-electron chi connectivity index (χ3n) is 4.16. The van der Waals surface area contributed by atoms with E-state index in [1.807, 2.05) is 19.0 Å². The molecule has 1 aromatic heterocycles. The number of fused-ring (bicyclic) bond motifs is 1. The van der Waals surface area contributed by atoms with E-state index in [-0.39, 0.29) is 33.1 Å². The van der Waals surface area contributed by atoms with Crippen LogP contribution < -0.4 is 5.73 Å². The number of hydrogen-bond donors (Lipinski definition) is 2. The fraction of sp³-hybridized carbons (Fsp3) is 0.263. The van der Waals surface area contributed by atoms with Gasteiger partial charge in [-0.2, -0.15) is 0 Å². The summed E-state index contributed by atoms with van der Waals surface area (Å²) in [5.41, 5.74) is 6.59. The highest BCUT2D eigenvalue weighted by atomic mass is 35.5. The molecular formula is C19H19ClF3N5. The molecule has 3 rings (SSSR count). The van der Waals surface area contributed by atoms with E-state index in [9.17, 15) is 13.2 Å². The number of amidine groups is 1. The van der Waals surface area contributed by atoms with E-state index in [0.717, 1.165) is 25.1 Å². The molecule has 0 atom stereocenters. The van der Waals surface area contributed by atoms with E-state index in [0.29, 0.717) is 12.2 Å². The van der Waals surface area contributed by atoms with Crippen LogP contribution in [0.1, 0.15) is 17.8 Å². The Morgan fingerprint density at radius 2 is 1.96 bits per heavy atom. The number of benzene rings is 2. The normalized spacial score (nSPS) is 12.3. The Bertz CT molecular complexity index is 1050. The number of H-pyrrole nitrogens is 1. The third-order valence-corrected chi connectivity index (χ3v) is 4.45. The molecule has 0 saturated carbocycles. The highest BCUT2D eigenvalue weighted by Gasteiger charge is 2.19. The molecule has 28 heavy (non-hydrogen) atoms. The van der Waals surface area contributed by atoms with Crippen molar-refractivity contribution < 1.29 is 13.2 Å². The van der Waals surface area contributed by atoms with Crippen LogP contribution in [-0.4, -0.2) is 41.3 Å². The number of hydrogen-bond acceptors (Lipinski definition) is 3. The molecule has 2 aromatic carbocycles. The molecule has 0 fully saturated rings. The Hall–Kier alpha value is -2.58. The lowest BCUT2D eigenvalue weighted by Crippen LogP contribution is -2.14. The molecule has 148 valence electrons. The first-order chi connectivity index (χ1) is 13.3. The Labute approximate surface area is 165 Å². The molecule has 0 spiro atoms. The van der Waals surface area contributed by atoms with Crippen LogP contribution in [0.4, 0.5) is 18.9 Å². The molecule has 0 bridgehead atoms. The van der Waals surface area contributed by atoms with Crippen LogP contribution in [0, 0.1) is 17.5 Å². The molecule has 9 heteroatoms. The highest BCUT2D eigenvalue weighted by molar-refractivity contribution is 6.31. The Morgan fingerprint density at radius 3 is 2.64 bits per heavy atom. The first-order valence-electron chi connectivity index (χ1n) is 8.57. The second kappa shape index (κ2) is 8.20. The molecule has 0 aliphatic carbocycles. The molecule has 3 N–H and O–H groups in total. The molecule has 0 unspecified atom stereocenters. The van der Waals surface area contributed by atoms with Gasteiger partial charge in [-0.15, -0.1) is 0 Å². The molecule has 0 aliphatic rings. The van der Waals surface area contributed by atoms with Crippen molar-refractivity contribution in [3.63, 3.8) is 0 Å². The summed E-state index contributed by atoms with van der Waals surface area (Å²) in [6, 6.07) is 4.78. The number of nitrogens with zero attached hydrogens (tertiary/aromatic N) is 3. The summed E-state index contributed by atoms with van der Waals surface area (Å²) in [5.74, 6) is -2.27. The number of nitrogens with two attached hydrogens (primary N) is 1. The number of aryl methyl sites for hydroxylation is 1. The van der Waals surface area contributed by atoms with Gasteiger partial charge in [-0.05, 0) is 51.3 Å². The Balaban J connectivity index is 2.01. The van der Waals surface area contributed by atoms with Gasteiger partial charge >= 0.3 is 0 Å². The molecular weight excluding hydrogens is 391 g/mol. The first kappa shape index (κ1) is 20.2. The number of rotatable bonds is 6. The minimum Gasteiger partial charge on any atom is -0.383 e. The Kier molecular flexibility index (Phi) is 5.90. The fourth-order valence-corrected chi connectivity index (χ4v) is 2.96. The average Bonchev–Trinajstić information content (AvgIpc) is 3.05. The van der Waals surface area contributed by atoms with Crippen LogP contribution in [-0.2, 0) is 6.42 Å². The summed E-state index contributed by atoms with van der Waals surface area (Å²) in [6.45, 7) is 0.829. The van der Waals surface area contributed by atoms with Crippen molar-refractivity contribution in [3.05, 3.63) is 58.1 Å². The van der Waals surface area contributed by atoms with Crippen molar-refractivity contribution in [2.45, 2.75) is 12.8 Å². The number of aromatic nitrogens is 2. The van der Waals surface area contributed by atoms with Gasteiger partial charge in [-0.25, -0.2) is 23.1 Å². The predicted octanol–water partition coefficient (Wildman–Crippen LogP) is 4.16. The maximum Gasteiger partial charge on any atom is 0.186 e. The first-order valence-corrected chi connectivity index (χ1v) is 8.95. The highest BCUT2D eigenvalue weighted by Crippen LogP contribution is 2.26. The lowest BCUT2D eigenvalue weighted by molar-refractivity contribution is 0.399. The van der Waals surface area contributed by atoms with Crippen LogP contribution in [0.15, 0.2) is 29.3 Å². The van der Waals surface area contributed by atoms with Crippen molar-refractivity contribution in [2.75, 3.05) is 20.6 Å². The van der Waals surface area contributed by atoms with E-state index >= 15 is 0 Å². The zero-order chi connectivity index (χ0) is 20.4. The fourth-order valence-electron chi connectivity index (χ4n) is 2.79. The van der Waals surface area contributed by atoms with Crippen molar-refractivity contribution in [1.82, 2.24) is 14.9 Å². The van der Waals surface area contributed by atoms with Crippen molar-refractivity contribution in [3.8, 4) is 0 Å². The quantitative estimate of drug-likeness (QED) is 0.474. The van der Waals surface area contributed by atoms with Crippen LogP contribution >= 0.6 is 11.6 Å². The summed E-state index contributed by atoms with van der Waals surface area (Å²) in [5, 5.41) is -0.116. The van der Waals surface area contributed by atoms with Gasteiger partial charge in [0.15, 0.2) is 11.6 Å². The summed E-state index contributed by atoms with van der Waals surface area (Å²) in [4.78, 5) is 13.4. The van der Waals surface area contributed by atoms with Crippen molar-refractivity contribution in [2.24, 2.45) is 10.7 Å². The number of halogens is 4. The van der Waals surface area contributed by atoms with Crippen LogP contribution in [0.2, 0.25) is 5.02 Å². The molecule has 0 radical (unpaired) electrons. The summed E-state index contributed by atoms with van der Waals surface area (Å²) in [7, 11) is 3.90. The number of imidazole rings is 1. The SMILES string of the molecule is CN(C)CCCc1nc2c(F)c(F)cc(C(N)=Nc3ccc(F)c(Cl)c3)c2[nH]1. The van der Waals surface area contributed by atoms with Gasteiger partial charge in [0.2, 0.25) is 0 Å². The average molecular weight is 410 g/mol. The topological polar surface area (TPSA) is 70.3 Å². The van der Waals surface area contributed by atoms with E-state index in [2.05, 4.69) is 15.0 Å². The molecule has 0 amide bonds. The second-order valence-electron chi connectivity index (χ2n) is 6.63. The van der Waals surface area contributed by atoms with Crippen LogP contribution in [0.25, 0.3) is 11.0 Å². The zero-order valence-corrected chi connectivity index (χ0v) is 16.1. The van der Waals surface area contributed by atoms with Gasteiger partial charge in [-0.3, -0.25) is 0 Å². The molecule has 1 heterocycles. The number of nitrogens with one attached hydrogen (secondary N) is 1. The minimum atomic E-state index is -1.08. The summed E-state index contributed by atoms with van der Waals surface area (Å²) < 4.78 is 41.6. The maximum atomic E-state index is 14.2. The monoisotopic (exact) mass is 409 g/mol. The van der Waals surface area contributed by atoms with Gasteiger partial charge in [0.05, 0.1) is 16.2 Å². The summed E-state index contributed by atoms with van der Waals surface area (Å²) >= 11 is 5.74. The third kappa shape index (κ3) is 4.28. The largest absolute Gasteiger partial charge is 0.383 e. The number of aliphatic imine (C=N–C) groups is 1. The van der Waals surface area contributed by atoms with Gasteiger partial charge in [-0.1, -0.05) is 11.6 Å². The summed E-state index contributed by atoms with van der Waals surface area (Å²) in [6.07, 6.45) is 1.36. The predicted molar refractivity (Wildman–Crippen MR) is 105 cm³/mol. The van der Waals surface area contributed by atoms with E-state index in [1.54, 1.807) is 0 Å². The Morgan fingerprint density at radius 1 is 1.21 bits per heavy atom. The zero-order valence-electron chi connectivity index (χ0n) is 15.4. The minimum absolute atomic E-state index is 0.0740. The molecule has 5 nitrogen and oxygen atoms in total. The lowest BCUT2D eigenvalue weighted by atomic mass is 10.1. The van der Waals surface area contributed by atoms with E-state index in [4.69, 9.17) is 17.3 Å².